The number of hydrogen-bond donors (Lipinski definition) is 4. The number of halogens is 4. The van der Waals surface area contributed by atoms with Crippen molar-refractivity contribution in [2.75, 3.05) is 13.1 Å². The zero-order chi connectivity index (χ0) is 40.2. The number of hydrogen-bond acceptors (Lipinski definition) is 4. The molecule has 8 nitrogen and oxygen atoms in total. The van der Waals surface area contributed by atoms with Gasteiger partial charge in [-0.05, 0) is 101 Å². The number of benzene rings is 2. The Hall–Kier alpha value is -1.50. The van der Waals surface area contributed by atoms with Crippen LogP contribution in [0, 0.1) is 11.8 Å². The van der Waals surface area contributed by atoms with Gasteiger partial charge in [0, 0.05) is 41.8 Å². The van der Waals surface area contributed by atoms with Crippen LogP contribution in [0.5, 0.6) is 0 Å². The molecule has 0 atom stereocenters. The van der Waals surface area contributed by atoms with Crippen molar-refractivity contribution in [1.82, 2.24) is 10.6 Å². The summed E-state index contributed by atoms with van der Waals surface area (Å²) in [5.74, 6) is -3.34. The maximum Gasteiger partial charge on any atom is 0.337 e. The van der Waals surface area contributed by atoms with Crippen molar-refractivity contribution in [1.29, 1.82) is 0 Å². The highest BCUT2D eigenvalue weighted by molar-refractivity contribution is 9.13. The predicted molar refractivity (Wildman–Crippen MR) is 235 cm³/mol. The first-order valence-corrected chi connectivity index (χ1v) is 23.4. The second-order valence-corrected chi connectivity index (χ2v) is 17.8. The first kappa shape index (κ1) is 48.6. The fraction of sp³-hybridized carbons (Fsp3) is 0.667. The van der Waals surface area contributed by atoms with Crippen LogP contribution in [-0.2, 0) is 0 Å². The van der Waals surface area contributed by atoms with Crippen molar-refractivity contribution in [3.8, 4) is 0 Å². The number of carboxylic acids is 2. The van der Waals surface area contributed by atoms with E-state index in [0.29, 0.717) is 13.1 Å². The summed E-state index contributed by atoms with van der Waals surface area (Å²) in [5.41, 5.74) is -0.701. The lowest BCUT2D eigenvalue weighted by molar-refractivity contribution is 0.0682. The van der Waals surface area contributed by atoms with E-state index >= 15 is 0 Å². The molecule has 0 fully saturated rings. The quantitative estimate of drug-likeness (QED) is 0.0628. The highest BCUT2D eigenvalue weighted by Gasteiger charge is 2.34. The third-order valence-corrected chi connectivity index (χ3v) is 14.6. The second kappa shape index (κ2) is 26.4. The van der Waals surface area contributed by atoms with Crippen LogP contribution in [0.2, 0.25) is 0 Å². The lowest BCUT2D eigenvalue weighted by Crippen LogP contribution is -2.32. The Labute approximate surface area is 357 Å². The number of amides is 2. The summed E-state index contributed by atoms with van der Waals surface area (Å²) in [6, 6.07) is 0. The van der Waals surface area contributed by atoms with Gasteiger partial charge in [-0.15, -0.1) is 0 Å². The lowest BCUT2D eigenvalue weighted by Gasteiger charge is -2.23. The zero-order valence-electron chi connectivity index (χ0n) is 32.8. The highest BCUT2D eigenvalue weighted by Crippen LogP contribution is 2.46. The minimum atomic E-state index is -1.37. The van der Waals surface area contributed by atoms with Crippen molar-refractivity contribution < 1.29 is 29.4 Å². The zero-order valence-corrected chi connectivity index (χ0v) is 39.1. The number of carbonyl (C=O) groups is 4. The van der Waals surface area contributed by atoms with Crippen LogP contribution in [0.25, 0.3) is 10.8 Å². The first-order valence-electron chi connectivity index (χ1n) is 20.3. The molecule has 12 heteroatoms. The molecule has 304 valence electrons. The summed E-state index contributed by atoms with van der Waals surface area (Å²) in [5, 5.41) is 27.1. The second-order valence-electron chi connectivity index (χ2n) is 14.7. The molecule has 0 saturated heterocycles. The van der Waals surface area contributed by atoms with Crippen molar-refractivity contribution in [3.05, 3.63) is 40.1 Å². The Balaban J connectivity index is 2.68. The minimum Gasteiger partial charge on any atom is -0.478 e. The van der Waals surface area contributed by atoms with Gasteiger partial charge in [0.25, 0.3) is 11.8 Å². The molecular weight excluding hydrogens is 948 g/mol. The molecule has 54 heavy (non-hydrogen) atoms. The molecule has 4 N–H and O–H groups in total. The molecule has 0 spiro atoms. The van der Waals surface area contributed by atoms with Gasteiger partial charge in [-0.25, -0.2) is 9.59 Å². The highest BCUT2D eigenvalue weighted by atomic mass is 79.9. The molecule has 0 aliphatic heterocycles. The van der Waals surface area contributed by atoms with E-state index in [1.54, 1.807) is 0 Å². The predicted octanol–water partition coefficient (Wildman–Crippen LogP) is 13.9. The molecule has 0 bridgehead atoms. The summed E-state index contributed by atoms with van der Waals surface area (Å²) >= 11 is 13.8. The minimum absolute atomic E-state index is 0.0292. The van der Waals surface area contributed by atoms with E-state index in [1.165, 1.54) is 0 Å². The summed E-state index contributed by atoms with van der Waals surface area (Å²) in [6.45, 7) is 9.51. The molecule has 0 aromatic heterocycles. The molecule has 2 rings (SSSR count). The molecule has 0 radical (unpaired) electrons. The van der Waals surface area contributed by atoms with Crippen LogP contribution in [0.15, 0.2) is 17.9 Å². The SMILES string of the molecule is CCCCCCC(CCCCCC)CNC(=O)c1c(Br)c(Br)c(C(=O)NCC(CCCCCC)CCCCCC)c2c(C(=O)O)c(Br)c(Br)c(C(=O)O)c12. The molecule has 2 aromatic rings. The number of nitrogens with one attached hydrogen (secondary N) is 2. The van der Waals surface area contributed by atoms with Gasteiger partial charge in [-0.3, -0.25) is 9.59 Å². The van der Waals surface area contributed by atoms with E-state index in [2.05, 4.69) is 102 Å². The smallest absolute Gasteiger partial charge is 0.337 e. The Morgan fingerprint density at radius 1 is 0.444 bits per heavy atom. The van der Waals surface area contributed by atoms with Gasteiger partial charge in [0.1, 0.15) is 0 Å². The van der Waals surface area contributed by atoms with Crippen molar-refractivity contribution in [2.45, 2.75) is 156 Å². The summed E-state index contributed by atoms with van der Waals surface area (Å²) < 4.78 is 0.310. The number of carboxylic acid groups (broad SMARTS) is 2. The number of fused-ring (bicyclic) bond motifs is 1. The van der Waals surface area contributed by atoms with Crippen molar-refractivity contribution in [3.63, 3.8) is 0 Å². The van der Waals surface area contributed by atoms with Crippen LogP contribution >= 0.6 is 63.7 Å². The first-order chi connectivity index (χ1) is 25.9. The topological polar surface area (TPSA) is 133 Å². The molecular formula is C42H62Br4N2O6. The summed E-state index contributed by atoms with van der Waals surface area (Å²) in [6.07, 6.45) is 21.8. The Kier molecular flexibility index (Phi) is 23.8. The van der Waals surface area contributed by atoms with E-state index in [9.17, 15) is 29.4 Å². The van der Waals surface area contributed by atoms with Gasteiger partial charge in [-0.2, -0.15) is 0 Å². The standard InChI is InChI=1S/C42H62Br4N2O6/c1-5-9-13-17-21-27(22-18-14-10-6-2)25-47-39(49)31-29-30(34(42(53)54)38(46)37(45)33(29)41(51)52)32(36(44)35(31)43)40(50)48-26-28(23-19-15-11-7-3)24-20-16-12-8-4/h27-28H,5-26H2,1-4H3,(H,47,49)(H,48,50)(H,51,52)(H,53,54). The Bertz CT molecular complexity index is 1410. The Morgan fingerprint density at radius 2 is 0.704 bits per heavy atom. The third-order valence-electron chi connectivity index (χ3n) is 10.4. The van der Waals surface area contributed by atoms with Gasteiger partial charge in [0.15, 0.2) is 0 Å². The molecule has 2 amide bonds. The number of rotatable bonds is 28. The average molecular weight is 1010 g/mol. The van der Waals surface area contributed by atoms with Crippen LogP contribution < -0.4 is 10.6 Å². The number of unbranched alkanes of at least 4 members (excludes halogenated alkanes) is 12. The lowest BCUT2D eigenvalue weighted by atomic mass is 9.90. The van der Waals surface area contributed by atoms with E-state index in [0.717, 1.165) is 128 Å². The fourth-order valence-electron chi connectivity index (χ4n) is 7.24. The maximum atomic E-state index is 14.3. The van der Waals surface area contributed by atoms with Crippen molar-refractivity contribution >= 4 is 98.2 Å². The molecule has 0 aliphatic rings. The van der Waals surface area contributed by atoms with Gasteiger partial charge < -0.3 is 20.8 Å². The van der Waals surface area contributed by atoms with Gasteiger partial charge >= 0.3 is 11.9 Å². The van der Waals surface area contributed by atoms with Crippen LogP contribution in [0.3, 0.4) is 0 Å². The molecule has 0 unspecified atom stereocenters. The van der Waals surface area contributed by atoms with Gasteiger partial charge in [-0.1, -0.05) is 130 Å². The van der Waals surface area contributed by atoms with E-state index < -0.39 is 23.8 Å². The average Bonchev–Trinajstić information content (AvgIpc) is 3.13. The van der Waals surface area contributed by atoms with E-state index in [1.807, 2.05) is 0 Å². The van der Waals surface area contributed by atoms with Gasteiger partial charge in [0.05, 0.1) is 22.3 Å². The van der Waals surface area contributed by atoms with Crippen LogP contribution in [0.4, 0.5) is 0 Å². The maximum absolute atomic E-state index is 14.3. The Morgan fingerprint density at radius 3 is 0.944 bits per heavy atom. The number of carbonyl (C=O) groups excluding carboxylic acids is 2. The van der Waals surface area contributed by atoms with Crippen LogP contribution in [0.1, 0.15) is 198 Å². The normalized spacial score (nSPS) is 11.5. The molecule has 0 heterocycles. The summed E-state index contributed by atoms with van der Waals surface area (Å²) in [4.78, 5) is 54.6. The van der Waals surface area contributed by atoms with E-state index in [-0.39, 0.29) is 62.8 Å². The van der Waals surface area contributed by atoms with E-state index in [4.69, 9.17) is 0 Å². The molecule has 0 saturated carbocycles. The number of aromatic carboxylic acids is 2. The van der Waals surface area contributed by atoms with Crippen LogP contribution in [-0.4, -0.2) is 47.1 Å². The van der Waals surface area contributed by atoms with Crippen molar-refractivity contribution in [2.24, 2.45) is 11.8 Å². The summed E-state index contributed by atoms with van der Waals surface area (Å²) in [7, 11) is 0. The fourth-order valence-corrected chi connectivity index (χ4v) is 9.53. The largest absolute Gasteiger partial charge is 0.478 e. The monoisotopic (exact) mass is 1010 g/mol. The molecule has 2 aromatic carbocycles. The van der Waals surface area contributed by atoms with Gasteiger partial charge in [0.2, 0.25) is 0 Å². The molecule has 0 aliphatic carbocycles. The third kappa shape index (κ3) is 14.5.